The van der Waals surface area contributed by atoms with Gasteiger partial charge in [0, 0.05) is 18.5 Å². The molecule has 1 aromatic heterocycles. The molecule has 1 heterocycles. The van der Waals surface area contributed by atoms with Crippen LogP contribution >= 0.6 is 0 Å². The Morgan fingerprint density at radius 3 is 2.37 bits per heavy atom. The summed E-state index contributed by atoms with van der Waals surface area (Å²) in [4.78, 5) is 0. The minimum atomic E-state index is 0.652. The van der Waals surface area contributed by atoms with Crippen LogP contribution in [-0.4, -0.2) is 0 Å². The summed E-state index contributed by atoms with van der Waals surface area (Å²) >= 11 is 0. The molecule has 1 fully saturated rings. The van der Waals surface area contributed by atoms with Crippen LogP contribution in [0.1, 0.15) is 49.8 Å². The maximum absolute atomic E-state index is 8.83. The van der Waals surface area contributed by atoms with Crippen molar-refractivity contribution in [2.75, 3.05) is 0 Å². The van der Waals surface area contributed by atoms with Crippen molar-refractivity contribution < 1.29 is 5.94 Å². The third-order valence-electron chi connectivity index (χ3n) is 6.87. The van der Waals surface area contributed by atoms with Crippen LogP contribution in [0.5, 0.6) is 0 Å². The van der Waals surface area contributed by atoms with E-state index in [9.17, 15) is 0 Å². The smallest absolute Gasteiger partial charge is 0.198 e. The molecule has 150 valence electrons. The number of hydrogen-bond donors (Lipinski definition) is 0. The zero-order chi connectivity index (χ0) is 21.5. The van der Waals surface area contributed by atoms with Crippen molar-refractivity contribution in [3.05, 3.63) is 89.6 Å². The van der Waals surface area contributed by atoms with E-state index in [2.05, 4.69) is 92.2 Å². The first-order chi connectivity index (χ1) is 15.0. The summed E-state index contributed by atoms with van der Waals surface area (Å²) in [5.41, 5.74) is 8.61. The number of fused-ring (bicyclic) bond motifs is 1. The van der Waals surface area contributed by atoms with E-state index < -0.39 is 0 Å². The third kappa shape index (κ3) is 3.33. The highest BCUT2D eigenvalue weighted by Crippen LogP contribution is 2.37. The van der Waals surface area contributed by atoms with E-state index in [4.69, 9.17) is 1.37 Å². The van der Waals surface area contributed by atoms with Crippen molar-refractivity contribution in [1.29, 1.82) is 0 Å². The maximum Gasteiger partial charge on any atom is 0.220 e. The molecule has 1 aliphatic carbocycles. The molecule has 0 atom stereocenters. The average molecular weight is 394 g/mol. The number of rotatable bonds is 3. The van der Waals surface area contributed by atoms with Gasteiger partial charge in [0.25, 0.3) is 0 Å². The molecule has 0 bridgehead atoms. The zero-order valence-electron chi connectivity index (χ0n) is 19.2. The quantitative estimate of drug-likeness (QED) is 0.322. The van der Waals surface area contributed by atoms with Gasteiger partial charge in [-0.15, -0.1) is 0 Å². The summed E-state index contributed by atoms with van der Waals surface area (Å²) in [7, 11) is 2.09. The molecular weight excluding hydrogens is 362 g/mol. The number of nitrogens with zero attached hydrogens (tertiary/aromatic N) is 1. The Bertz CT molecular complexity index is 1270. The first kappa shape index (κ1) is 17.9. The Hall–Kier alpha value is -2.93. The fourth-order valence-corrected chi connectivity index (χ4v) is 5.08. The van der Waals surface area contributed by atoms with E-state index in [0.29, 0.717) is 12.0 Å². The summed E-state index contributed by atoms with van der Waals surface area (Å²) in [5, 5.41) is 2.26. The molecular formula is C29H30N+. The van der Waals surface area contributed by atoms with Gasteiger partial charge in [0.2, 0.25) is 5.69 Å². The minimum Gasteiger partial charge on any atom is -0.198 e. The summed E-state index contributed by atoms with van der Waals surface area (Å²) in [5.74, 6) is 0.661. The van der Waals surface area contributed by atoms with Gasteiger partial charge in [0.05, 0.1) is 6.76 Å². The number of aromatic nitrogens is 1. The van der Waals surface area contributed by atoms with Crippen LogP contribution in [0.4, 0.5) is 0 Å². The van der Waals surface area contributed by atoms with Crippen molar-refractivity contribution in [3.8, 4) is 22.4 Å². The number of aryl methyl sites for hydroxylation is 1. The van der Waals surface area contributed by atoms with Crippen molar-refractivity contribution >= 4 is 10.8 Å². The molecule has 0 radical (unpaired) electrons. The van der Waals surface area contributed by atoms with Gasteiger partial charge in [0.1, 0.15) is 7.05 Å². The lowest BCUT2D eigenvalue weighted by Crippen LogP contribution is -2.35. The molecule has 5 rings (SSSR count). The lowest BCUT2D eigenvalue weighted by Gasteiger charge is -2.14. The van der Waals surface area contributed by atoms with E-state index >= 15 is 0 Å². The second kappa shape index (κ2) is 7.72. The predicted molar refractivity (Wildman–Crippen MR) is 127 cm³/mol. The van der Waals surface area contributed by atoms with Gasteiger partial charge in [-0.3, -0.25) is 0 Å². The topological polar surface area (TPSA) is 3.88 Å². The molecule has 1 nitrogen and oxygen atoms in total. The van der Waals surface area contributed by atoms with E-state index in [-0.39, 0.29) is 0 Å². The first-order valence-electron chi connectivity index (χ1n) is 11.6. The molecule has 30 heavy (non-hydrogen) atoms. The monoisotopic (exact) mass is 393 g/mol. The third-order valence-corrected chi connectivity index (χ3v) is 6.87. The lowest BCUT2D eigenvalue weighted by molar-refractivity contribution is -0.665. The summed E-state index contributed by atoms with van der Waals surface area (Å²) in [6.07, 6.45) is 5.23. The SMILES string of the molecule is [2H]c1c(C)[n+](C)c(-c2ccc(-c3ccccc3)cc2C)c2ccc(C3CCCC3)cc12. The fraction of sp³-hybridized carbons (Fsp3) is 0.276. The number of pyridine rings is 1. The van der Waals surface area contributed by atoms with Crippen molar-refractivity contribution in [3.63, 3.8) is 0 Å². The molecule has 0 amide bonds. The molecule has 0 unspecified atom stereocenters. The summed E-state index contributed by atoms with van der Waals surface area (Å²) < 4.78 is 11.0. The second-order valence-electron chi connectivity index (χ2n) is 8.80. The molecule has 1 saturated carbocycles. The predicted octanol–water partition coefficient (Wildman–Crippen LogP) is 7.27. The van der Waals surface area contributed by atoms with Crippen LogP contribution in [0, 0.1) is 13.8 Å². The molecule has 4 aromatic rings. The average Bonchev–Trinajstić information content (AvgIpc) is 3.34. The van der Waals surface area contributed by atoms with Crippen LogP contribution < -0.4 is 4.57 Å². The van der Waals surface area contributed by atoms with Crippen LogP contribution in [0.15, 0.2) is 72.8 Å². The fourth-order valence-electron chi connectivity index (χ4n) is 5.08. The van der Waals surface area contributed by atoms with Gasteiger partial charge in [-0.2, -0.15) is 4.57 Å². The maximum atomic E-state index is 8.83. The van der Waals surface area contributed by atoms with Crippen molar-refractivity contribution in [2.45, 2.75) is 45.4 Å². The van der Waals surface area contributed by atoms with Crippen LogP contribution in [0.25, 0.3) is 33.2 Å². The molecule has 0 aliphatic heterocycles. The molecule has 0 saturated heterocycles. The largest absolute Gasteiger partial charge is 0.220 e. The van der Waals surface area contributed by atoms with Crippen molar-refractivity contribution in [1.82, 2.24) is 0 Å². The van der Waals surface area contributed by atoms with E-state index in [0.717, 1.165) is 11.1 Å². The summed E-state index contributed by atoms with van der Waals surface area (Å²) in [6, 6.07) is 24.8. The standard InChI is InChI=1S/C29H30N/c1-20-17-24(22-9-5-4-6-10-22)13-15-27(20)29-28-16-14-25(23-11-7-8-12-23)19-26(28)18-21(2)30(29)3/h4-6,9-10,13-19,23H,7-8,11-12H2,1-3H3/q+1/i18D. The molecule has 0 spiro atoms. The van der Waals surface area contributed by atoms with Crippen molar-refractivity contribution in [2.24, 2.45) is 7.05 Å². The van der Waals surface area contributed by atoms with Crippen LogP contribution in [-0.2, 0) is 7.05 Å². The molecule has 0 N–H and O–H groups in total. The van der Waals surface area contributed by atoms with Crippen LogP contribution in [0.3, 0.4) is 0 Å². The van der Waals surface area contributed by atoms with Gasteiger partial charge in [0.15, 0.2) is 5.69 Å². The molecule has 1 aliphatic rings. The molecule has 3 aromatic carbocycles. The Morgan fingerprint density at radius 1 is 0.867 bits per heavy atom. The van der Waals surface area contributed by atoms with E-state index in [1.54, 1.807) is 0 Å². The van der Waals surface area contributed by atoms with E-state index in [1.165, 1.54) is 64.6 Å². The first-order valence-corrected chi connectivity index (χ1v) is 11.1. The van der Waals surface area contributed by atoms with Gasteiger partial charge in [-0.05, 0) is 65.5 Å². The summed E-state index contributed by atoms with van der Waals surface area (Å²) in [6.45, 7) is 4.27. The normalized spacial score (nSPS) is 15.0. The Labute approximate surface area is 181 Å². The van der Waals surface area contributed by atoms with Gasteiger partial charge in [-0.25, -0.2) is 0 Å². The lowest BCUT2D eigenvalue weighted by atomic mass is 9.92. The second-order valence-corrected chi connectivity index (χ2v) is 8.80. The van der Waals surface area contributed by atoms with Gasteiger partial charge in [-0.1, -0.05) is 67.4 Å². The molecule has 1 heteroatoms. The Balaban J connectivity index is 1.69. The Kier molecular flexibility index (Phi) is 4.60. The van der Waals surface area contributed by atoms with E-state index in [1.807, 2.05) is 0 Å². The number of benzene rings is 3. The van der Waals surface area contributed by atoms with Gasteiger partial charge >= 0.3 is 0 Å². The number of hydrogen-bond acceptors (Lipinski definition) is 0. The highest BCUT2D eigenvalue weighted by Gasteiger charge is 2.22. The van der Waals surface area contributed by atoms with Gasteiger partial charge < -0.3 is 0 Å². The zero-order valence-corrected chi connectivity index (χ0v) is 18.2. The van der Waals surface area contributed by atoms with Crippen LogP contribution in [0.2, 0.25) is 0 Å². The highest BCUT2D eigenvalue weighted by molar-refractivity contribution is 5.94. The Morgan fingerprint density at radius 2 is 1.63 bits per heavy atom. The minimum absolute atomic E-state index is 0.652. The highest BCUT2D eigenvalue weighted by atomic mass is 14.9.